The van der Waals surface area contributed by atoms with Crippen molar-refractivity contribution < 1.29 is 0 Å². The van der Waals surface area contributed by atoms with Crippen molar-refractivity contribution in [1.29, 1.82) is 0 Å². The monoisotopic (exact) mass is 530 g/mol. The number of fused-ring (bicyclic) bond motifs is 1. The van der Waals surface area contributed by atoms with Crippen LogP contribution in [-0.2, 0) is 19.5 Å². The van der Waals surface area contributed by atoms with E-state index in [1.165, 1.54) is 16.7 Å². The van der Waals surface area contributed by atoms with Crippen LogP contribution in [0.15, 0.2) is 120 Å². The standard InChI is InChI=1S/C35H38N4O/c40-35-36-33-18-10-11-19-34(33)39(35)31-20-22-37(23-21-31)27-32(24-28-12-4-1-5-13-28)38(25-29-14-6-2-7-15-29)26-30-16-8-3-9-17-30/h1-19,31-32H,20-27H2,(H,36,40)/t32-/m1/s1. The number of aromatic amines is 1. The van der Waals surface area contributed by atoms with Crippen molar-refractivity contribution in [3.8, 4) is 0 Å². The van der Waals surface area contributed by atoms with E-state index >= 15 is 0 Å². The summed E-state index contributed by atoms with van der Waals surface area (Å²) in [6, 6.07) is 41.2. The summed E-state index contributed by atoms with van der Waals surface area (Å²) in [6.45, 7) is 4.81. The Labute approximate surface area is 236 Å². The molecule has 0 amide bonds. The van der Waals surface area contributed by atoms with Crippen molar-refractivity contribution >= 4 is 11.0 Å². The van der Waals surface area contributed by atoms with Crippen LogP contribution >= 0.6 is 0 Å². The van der Waals surface area contributed by atoms with Crippen LogP contribution in [0.3, 0.4) is 0 Å². The fraction of sp³-hybridized carbons (Fsp3) is 0.286. The summed E-state index contributed by atoms with van der Waals surface area (Å²) in [4.78, 5) is 21.1. The zero-order valence-electron chi connectivity index (χ0n) is 23.0. The molecular formula is C35H38N4O. The molecule has 1 saturated heterocycles. The molecule has 0 unspecified atom stereocenters. The summed E-state index contributed by atoms with van der Waals surface area (Å²) in [5.41, 5.74) is 6.01. The van der Waals surface area contributed by atoms with Crippen molar-refractivity contribution in [2.24, 2.45) is 0 Å². The normalized spacial score (nSPS) is 15.5. The van der Waals surface area contributed by atoms with Gasteiger partial charge < -0.3 is 9.88 Å². The largest absolute Gasteiger partial charge is 0.326 e. The lowest BCUT2D eigenvalue weighted by Gasteiger charge is -2.39. The molecule has 1 aromatic heterocycles. The fourth-order valence-electron chi connectivity index (χ4n) is 6.24. The number of imidazole rings is 1. The Hall–Kier alpha value is -3.93. The number of H-pyrrole nitrogens is 1. The number of para-hydroxylation sites is 2. The van der Waals surface area contributed by atoms with Crippen LogP contribution in [0.1, 0.15) is 35.6 Å². The highest BCUT2D eigenvalue weighted by molar-refractivity contribution is 5.75. The predicted molar refractivity (Wildman–Crippen MR) is 163 cm³/mol. The number of nitrogens with one attached hydrogen (secondary N) is 1. The Bertz CT molecular complexity index is 1490. The summed E-state index contributed by atoms with van der Waals surface area (Å²) in [5.74, 6) is 0. The van der Waals surface area contributed by atoms with Gasteiger partial charge in [-0.3, -0.25) is 9.47 Å². The molecule has 5 aromatic rings. The SMILES string of the molecule is O=c1[nH]c2ccccc2n1C1CCN(C[C@@H](Cc2ccccc2)N(Cc2ccccc2)Cc2ccccc2)CC1. The first kappa shape index (κ1) is 26.3. The van der Waals surface area contributed by atoms with Crippen LogP contribution in [0.2, 0.25) is 0 Å². The van der Waals surface area contributed by atoms with Gasteiger partial charge in [-0.25, -0.2) is 4.79 Å². The van der Waals surface area contributed by atoms with Crippen molar-refractivity contribution in [3.63, 3.8) is 0 Å². The lowest BCUT2D eigenvalue weighted by atomic mass is 9.99. The highest BCUT2D eigenvalue weighted by Crippen LogP contribution is 2.26. The van der Waals surface area contributed by atoms with Gasteiger partial charge in [-0.05, 0) is 48.1 Å². The van der Waals surface area contributed by atoms with E-state index in [2.05, 4.69) is 112 Å². The molecule has 1 aliphatic rings. The van der Waals surface area contributed by atoms with E-state index in [0.29, 0.717) is 6.04 Å². The molecule has 0 saturated carbocycles. The number of piperidine rings is 1. The minimum Gasteiger partial charge on any atom is -0.306 e. The minimum atomic E-state index is 0.0125. The van der Waals surface area contributed by atoms with E-state index in [4.69, 9.17) is 0 Å². The summed E-state index contributed by atoms with van der Waals surface area (Å²) in [7, 11) is 0. The number of hydrogen-bond acceptors (Lipinski definition) is 3. The molecule has 4 aromatic carbocycles. The van der Waals surface area contributed by atoms with Crippen LogP contribution < -0.4 is 5.69 Å². The van der Waals surface area contributed by atoms with E-state index in [1.54, 1.807) is 0 Å². The number of aromatic nitrogens is 2. The second-order valence-electron chi connectivity index (χ2n) is 11.1. The highest BCUT2D eigenvalue weighted by Gasteiger charge is 2.28. The molecule has 1 fully saturated rings. The van der Waals surface area contributed by atoms with Gasteiger partial charge in [-0.1, -0.05) is 103 Å². The smallest absolute Gasteiger partial charge is 0.306 e. The van der Waals surface area contributed by atoms with Gasteiger partial charge in [-0.15, -0.1) is 0 Å². The maximum absolute atomic E-state index is 12.8. The molecule has 204 valence electrons. The van der Waals surface area contributed by atoms with Crippen LogP contribution in [0.4, 0.5) is 0 Å². The topological polar surface area (TPSA) is 44.3 Å². The molecule has 1 atom stereocenters. The quantitative estimate of drug-likeness (QED) is 0.231. The third-order valence-corrected chi connectivity index (χ3v) is 8.30. The number of nitrogens with zero attached hydrogens (tertiary/aromatic N) is 3. The van der Waals surface area contributed by atoms with Gasteiger partial charge in [0.2, 0.25) is 0 Å². The lowest BCUT2D eigenvalue weighted by molar-refractivity contribution is 0.102. The molecule has 1 N–H and O–H groups in total. The predicted octanol–water partition coefficient (Wildman–Crippen LogP) is 6.28. The Morgan fingerprint density at radius 2 is 1.23 bits per heavy atom. The van der Waals surface area contributed by atoms with E-state index in [-0.39, 0.29) is 11.7 Å². The summed E-state index contributed by atoms with van der Waals surface area (Å²) in [5, 5.41) is 0. The van der Waals surface area contributed by atoms with Gasteiger partial charge in [-0.2, -0.15) is 0 Å². The third-order valence-electron chi connectivity index (χ3n) is 8.30. The first-order valence-corrected chi connectivity index (χ1v) is 14.5. The van der Waals surface area contributed by atoms with Gasteiger partial charge in [0, 0.05) is 44.8 Å². The molecule has 0 radical (unpaired) electrons. The number of rotatable bonds is 10. The molecular weight excluding hydrogens is 492 g/mol. The van der Waals surface area contributed by atoms with E-state index < -0.39 is 0 Å². The molecule has 0 spiro atoms. The molecule has 1 aliphatic heterocycles. The number of benzene rings is 4. The Morgan fingerprint density at radius 1 is 0.700 bits per heavy atom. The molecule has 0 aliphatic carbocycles. The Morgan fingerprint density at radius 3 is 1.82 bits per heavy atom. The third kappa shape index (κ3) is 6.27. The maximum Gasteiger partial charge on any atom is 0.326 e. The summed E-state index contributed by atoms with van der Waals surface area (Å²) < 4.78 is 1.99. The fourth-order valence-corrected chi connectivity index (χ4v) is 6.24. The molecule has 6 rings (SSSR count). The molecule has 5 heteroatoms. The van der Waals surface area contributed by atoms with Gasteiger partial charge in [0.1, 0.15) is 0 Å². The van der Waals surface area contributed by atoms with E-state index in [1.807, 2.05) is 22.8 Å². The maximum atomic E-state index is 12.8. The van der Waals surface area contributed by atoms with Crippen molar-refractivity contribution in [2.75, 3.05) is 19.6 Å². The summed E-state index contributed by atoms with van der Waals surface area (Å²) in [6.07, 6.45) is 2.97. The number of hydrogen-bond donors (Lipinski definition) is 1. The van der Waals surface area contributed by atoms with Crippen LogP contribution in [0.5, 0.6) is 0 Å². The molecule has 5 nitrogen and oxygen atoms in total. The van der Waals surface area contributed by atoms with Gasteiger partial charge >= 0.3 is 5.69 Å². The van der Waals surface area contributed by atoms with E-state index in [0.717, 1.165) is 63.0 Å². The van der Waals surface area contributed by atoms with Gasteiger partial charge in [0.25, 0.3) is 0 Å². The van der Waals surface area contributed by atoms with Crippen molar-refractivity contribution in [2.45, 2.75) is 44.4 Å². The lowest BCUT2D eigenvalue weighted by Crippen LogP contribution is -2.47. The van der Waals surface area contributed by atoms with Crippen LogP contribution in [0, 0.1) is 0 Å². The Balaban J connectivity index is 1.22. The summed E-state index contributed by atoms with van der Waals surface area (Å²) >= 11 is 0. The Kier molecular flexibility index (Phi) is 8.22. The van der Waals surface area contributed by atoms with Gasteiger partial charge in [0.15, 0.2) is 0 Å². The van der Waals surface area contributed by atoms with Crippen molar-refractivity contribution in [1.82, 2.24) is 19.4 Å². The zero-order chi connectivity index (χ0) is 27.1. The first-order chi connectivity index (χ1) is 19.7. The van der Waals surface area contributed by atoms with Gasteiger partial charge in [0.05, 0.1) is 11.0 Å². The molecule has 0 bridgehead atoms. The molecule has 40 heavy (non-hydrogen) atoms. The second-order valence-corrected chi connectivity index (χ2v) is 11.1. The van der Waals surface area contributed by atoms with Crippen molar-refractivity contribution in [3.05, 3.63) is 142 Å². The first-order valence-electron chi connectivity index (χ1n) is 14.5. The highest BCUT2D eigenvalue weighted by atomic mass is 16.1. The van der Waals surface area contributed by atoms with Crippen LogP contribution in [0.25, 0.3) is 11.0 Å². The average Bonchev–Trinajstić information content (AvgIpc) is 3.34. The number of likely N-dealkylation sites (tertiary alicyclic amines) is 1. The zero-order valence-corrected chi connectivity index (χ0v) is 23.0. The second kappa shape index (κ2) is 12.5. The van der Waals surface area contributed by atoms with Crippen LogP contribution in [-0.4, -0.2) is 45.0 Å². The van der Waals surface area contributed by atoms with E-state index in [9.17, 15) is 4.79 Å². The molecule has 2 heterocycles. The average molecular weight is 531 g/mol. The minimum absolute atomic E-state index is 0.0125.